The van der Waals surface area contributed by atoms with Gasteiger partial charge in [0.1, 0.15) is 6.29 Å². The Labute approximate surface area is 129 Å². The number of carbonyl (C=O) groups is 1. The van der Waals surface area contributed by atoms with Gasteiger partial charge in [-0.1, -0.05) is 32.4 Å². The third-order valence-corrected chi connectivity index (χ3v) is 8.31. The lowest BCUT2D eigenvalue weighted by molar-refractivity contribution is -0.133. The van der Waals surface area contributed by atoms with Gasteiger partial charge in [0.15, 0.2) is 0 Å². The highest BCUT2D eigenvalue weighted by Gasteiger charge is 2.61. The molecular weight excluding hydrogens is 256 g/mol. The Morgan fingerprint density at radius 2 is 1.86 bits per heavy atom. The third kappa shape index (κ3) is 1.72. The first-order valence-corrected chi connectivity index (χ1v) is 9.07. The van der Waals surface area contributed by atoms with Crippen LogP contribution in [-0.2, 0) is 4.79 Å². The number of carbonyl (C=O) groups excluding carboxylic acids is 1. The molecule has 0 heterocycles. The lowest BCUT2D eigenvalue weighted by Crippen LogP contribution is -2.51. The quantitative estimate of drug-likeness (QED) is 0.481. The van der Waals surface area contributed by atoms with Gasteiger partial charge in [0, 0.05) is 5.41 Å². The molecule has 21 heavy (non-hydrogen) atoms. The van der Waals surface area contributed by atoms with Gasteiger partial charge in [-0.3, -0.25) is 0 Å². The Morgan fingerprint density at radius 3 is 2.62 bits per heavy atom. The van der Waals surface area contributed by atoms with Crippen LogP contribution >= 0.6 is 0 Å². The van der Waals surface area contributed by atoms with Crippen LogP contribution in [0, 0.1) is 34.0 Å². The number of hydrogen-bond acceptors (Lipinski definition) is 1. The summed E-state index contributed by atoms with van der Waals surface area (Å²) in [5.41, 5.74) is 2.51. The summed E-state index contributed by atoms with van der Waals surface area (Å²) in [6, 6.07) is 0. The fourth-order valence-corrected chi connectivity index (χ4v) is 7.15. The highest BCUT2D eigenvalue weighted by Crippen LogP contribution is 2.70. The summed E-state index contributed by atoms with van der Waals surface area (Å²) in [6.07, 6.45) is 13.1. The molecule has 0 aromatic heterocycles. The zero-order valence-corrected chi connectivity index (χ0v) is 13.8. The van der Waals surface area contributed by atoms with E-state index >= 15 is 0 Å². The predicted octanol–water partition coefficient (Wildman–Crippen LogP) is 5.15. The van der Waals surface area contributed by atoms with Gasteiger partial charge >= 0.3 is 0 Å². The maximum Gasteiger partial charge on any atom is 0.126 e. The molecule has 4 rings (SSSR count). The van der Waals surface area contributed by atoms with Crippen LogP contribution in [0.25, 0.3) is 0 Å². The van der Waals surface area contributed by atoms with Crippen molar-refractivity contribution in [2.75, 3.05) is 0 Å². The highest BCUT2D eigenvalue weighted by atomic mass is 16.1. The third-order valence-electron chi connectivity index (χ3n) is 8.31. The second kappa shape index (κ2) is 4.24. The number of rotatable bonds is 1. The van der Waals surface area contributed by atoms with Gasteiger partial charge in [-0.15, -0.1) is 0 Å². The summed E-state index contributed by atoms with van der Waals surface area (Å²) < 4.78 is 0. The molecule has 1 spiro atoms. The van der Waals surface area contributed by atoms with Crippen LogP contribution in [0.5, 0.6) is 0 Å². The molecule has 0 amide bonds. The zero-order valence-electron chi connectivity index (χ0n) is 13.8. The predicted molar refractivity (Wildman–Crippen MR) is 85.9 cm³/mol. The van der Waals surface area contributed by atoms with Crippen molar-refractivity contribution < 1.29 is 4.79 Å². The van der Waals surface area contributed by atoms with E-state index in [1.807, 2.05) is 0 Å². The van der Waals surface area contributed by atoms with Crippen molar-refractivity contribution in [2.24, 2.45) is 34.0 Å². The molecule has 1 heteroatoms. The molecule has 1 nitrogen and oxygen atoms in total. The first-order chi connectivity index (χ1) is 9.93. The smallest absolute Gasteiger partial charge is 0.126 e. The van der Waals surface area contributed by atoms with Crippen molar-refractivity contribution in [3.63, 3.8) is 0 Å². The van der Waals surface area contributed by atoms with Crippen LogP contribution in [0.15, 0.2) is 12.2 Å². The van der Waals surface area contributed by atoms with Gasteiger partial charge in [-0.2, -0.15) is 0 Å². The lowest BCUT2D eigenvalue weighted by Gasteiger charge is -2.58. The van der Waals surface area contributed by atoms with E-state index < -0.39 is 0 Å². The Morgan fingerprint density at radius 1 is 1.10 bits per heavy atom. The number of hydrogen-bond donors (Lipinski definition) is 0. The molecule has 0 radical (unpaired) electrons. The highest BCUT2D eigenvalue weighted by molar-refractivity contribution is 5.59. The minimum atomic E-state index is -0.0269. The topological polar surface area (TPSA) is 17.1 Å². The summed E-state index contributed by atoms with van der Waals surface area (Å²) in [6.45, 7) is 9.15. The molecule has 0 N–H and O–H groups in total. The van der Waals surface area contributed by atoms with Crippen molar-refractivity contribution in [3.05, 3.63) is 12.2 Å². The number of aldehydes is 1. The summed E-state index contributed by atoms with van der Waals surface area (Å²) in [7, 11) is 0. The maximum absolute atomic E-state index is 11.7. The molecule has 4 fully saturated rings. The van der Waals surface area contributed by atoms with Crippen LogP contribution in [0.1, 0.15) is 71.6 Å². The summed E-state index contributed by atoms with van der Waals surface area (Å²) in [4.78, 5) is 11.7. The fraction of sp³-hybridized carbons (Fsp3) is 0.850. The van der Waals surface area contributed by atoms with Gasteiger partial charge in [0.05, 0.1) is 0 Å². The minimum absolute atomic E-state index is 0.0269. The van der Waals surface area contributed by atoms with E-state index in [9.17, 15) is 4.79 Å². The largest absolute Gasteiger partial charge is 0.303 e. The average Bonchev–Trinajstić information content (AvgIpc) is 2.64. The lowest BCUT2D eigenvalue weighted by atomic mass is 9.46. The van der Waals surface area contributed by atoms with Crippen LogP contribution in [0.3, 0.4) is 0 Å². The Kier molecular flexibility index (Phi) is 2.83. The SMILES string of the molecule is C=C1CC23CCC4C(CCC[C@@]4(C)C=O)C2CC[C@]1(C)C3. The molecule has 4 saturated carbocycles. The zero-order chi connectivity index (χ0) is 14.9. The molecule has 0 aromatic rings. The van der Waals surface area contributed by atoms with Gasteiger partial charge in [-0.05, 0) is 80.0 Å². The molecule has 6 atom stereocenters. The second-order valence-corrected chi connectivity index (χ2v) is 9.35. The molecule has 2 bridgehead atoms. The molecule has 116 valence electrons. The molecule has 0 aliphatic heterocycles. The molecule has 0 saturated heterocycles. The molecule has 4 aliphatic carbocycles. The Bertz CT molecular complexity index is 494. The van der Waals surface area contributed by atoms with Crippen molar-refractivity contribution in [2.45, 2.75) is 71.6 Å². The summed E-state index contributed by atoms with van der Waals surface area (Å²) in [5, 5.41) is 0. The van der Waals surface area contributed by atoms with Crippen LogP contribution in [-0.4, -0.2) is 6.29 Å². The molecule has 4 unspecified atom stereocenters. The van der Waals surface area contributed by atoms with Crippen molar-refractivity contribution in [1.82, 2.24) is 0 Å². The van der Waals surface area contributed by atoms with E-state index in [0.717, 1.165) is 18.3 Å². The van der Waals surface area contributed by atoms with Gasteiger partial charge < -0.3 is 4.79 Å². The van der Waals surface area contributed by atoms with Gasteiger partial charge in [0.2, 0.25) is 0 Å². The molecule has 4 aliphatic rings. The summed E-state index contributed by atoms with van der Waals surface area (Å²) in [5.74, 6) is 2.36. The Balaban J connectivity index is 1.69. The van der Waals surface area contributed by atoms with Crippen LogP contribution in [0.4, 0.5) is 0 Å². The molecule has 0 aromatic carbocycles. The second-order valence-electron chi connectivity index (χ2n) is 9.35. The first kappa shape index (κ1) is 14.0. The van der Waals surface area contributed by atoms with E-state index in [1.54, 1.807) is 0 Å². The fourth-order valence-electron chi connectivity index (χ4n) is 7.15. The van der Waals surface area contributed by atoms with E-state index in [4.69, 9.17) is 0 Å². The monoisotopic (exact) mass is 286 g/mol. The molecular formula is C20H30O. The number of fused-ring (bicyclic) bond motifs is 3. The maximum atomic E-state index is 11.7. The van der Waals surface area contributed by atoms with Crippen LogP contribution < -0.4 is 0 Å². The standard InChI is InChI=1S/C20H30O/c1-14-11-20-10-7-16-15(5-4-8-19(16,3)13-21)17(20)6-9-18(14,2)12-20/h13,15-17H,1,4-12H2,2-3H3/t15?,16?,17?,18-,19+,20?/m1/s1. The van der Waals surface area contributed by atoms with Crippen molar-refractivity contribution >= 4 is 6.29 Å². The van der Waals surface area contributed by atoms with E-state index in [2.05, 4.69) is 20.4 Å². The first-order valence-electron chi connectivity index (χ1n) is 9.07. The normalized spacial score (nSPS) is 55.7. The number of allylic oxidation sites excluding steroid dienone is 1. The van der Waals surface area contributed by atoms with E-state index in [0.29, 0.717) is 16.7 Å². The van der Waals surface area contributed by atoms with Crippen molar-refractivity contribution in [1.29, 1.82) is 0 Å². The van der Waals surface area contributed by atoms with E-state index in [1.165, 1.54) is 63.2 Å². The Hall–Kier alpha value is -0.590. The average molecular weight is 286 g/mol. The van der Waals surface area contributed by atoms with Crippen LogP contribution in [0.2, 0.25) is 0 Å². The van der Waals surface area contributed by atoms with Gasteiger partial charge in [0.25, 0.3) is 0 Å². The van der Waals surface area contributed by atoms with Crippen molar-refractivity contribution in [3.8, 4) is 0 Å². The van der Waals surface area contributed by atoms with E-state index in [-0.39, 0.29) is 5.41 Å². The minimum Gasteiger partial charge on any atom is -0.303 e. The van der Waals surface area contributed by atoms with Gasteiger partial charge in [-0.25, -0.2) is 0 Å². The summed E-state index contributed by atoms with van der Waals surface area (Å²) >= 11 is 0.